The van der Waals surface area contributed by atoms with Gasteiger partial charge in [-0.2, -0.15) is 0 Å². The van der Waals surface area contributed by atoms with Crippen molar-refractivity contribution in [1.82, 2.24) is 0 Å². The normalized spacial score (nSPS) is 11.8. The highest BCUT2D eigenvalue weighted by atomic mass is 16.5. The SMILES string of the molecule is COCC/C(O)=C(/N=O)C(=O)OC. The van der Waals surface area contributed by atoms with Gasteiger partial charge in [0, 0.05) is 13.5 Å². The molecular weight excluding hydrogens is 178 g/mol. The van der Waals surface area contributed by atoms with E-state index < -0.39 is 17.4 Å². The molecule has 0 aromatic heterocycles. The van der Waals surface area contributed by atoms with Crippen LogP contribution in [0.5, 0.6) is 0 Å². The first-order valence-corrected chi connectivity index (χ1v) is 3.50. The van der Waals surface area contributed by atoms with Crippen LogP contribution in [0.2, 0.25) is 0 Å². The third-order valence-electron chi connectivity index (χ3n) is 1.29. The molecule has 0 aromatic rings. The lowest BCUT2D eigenvalue weighted by atomic mass is 10.3. The van der Waals surface area contributed by atoms with Gasteiger partial charge in [-0.1, -0.05) is 0 Å². The van der Waals surface area contributed by atoms with Crippen molar-refractivity contribution in [1.29, 1.82) is 0 Å². The number of methoxy groups -OCH3 is 2. The molecule has 0 bridgehead atoms. The van der Waals surface area contributed by atoms with Crippen molar-refractivity contribution in [2.75, 3.05) is 20.8 Å². The molecule has 0 saturated carbocycles. The molecule has 0 aliphatic rings. The molecule has 0 aliphatic heterocycles. The number of hydrogen-bond donors (Lipinski definition) is 1. The Labute approximate surface area is 75.1 Å². The van der Waals surface area contributed by atoms with Crippen LogP contribution in [0.15, 0.2) is 16.6 Å². The van der Waals surface area contributed by atoms with Crippen molar-refractivity contribution in [2.24, 2.45) is 5.18 Å². The largest absolute Gasteiger partial charge is 0.510 e. The Morgan fingerprint density at radius 1 is 1.46 bits per heavy atom. The average Bonchev–Trinajstić information content (AvgIpc) is 2.15. The maximum absolute atomic E-state index is 10.8. The molecular formula is C7H11NO5. The van der Waals surface area contributed by atoms with E-state index in [1.807, 2.05) is 0 Å². The second kappa shape index (κ2) is 6.13. The summed E-state index contributed by atoms with van der Waals surface area (Å²) in [6.45, 7) is 0.196. The van der Waals surface area contributed by atoms with Gasteiger partial charge in [-0.25, -0.2) is 4.79 Å². The summed E-state index contributed by atoms with van der Waals surface area (Å²) < 4.78 is 8.84. The van der Waals surface area contributed by atoms with E-state index in [0.717, 1.165) is 7.11 Å². The summed E-state index contributed by atoms with van der Waals surface area (Å²) in [5.74, 6) is -1.38. The Hall–Kier alpha value is -1.43. The molecule has 1 N–H and O–H groups in total. The topological polar surface area (TPSA) is 85.2 Å². The van der Waals surface area contributed by atoms with Crippen LogP contribution in [0.25, 0.3) is 0 Å². The van der Waals surface area contributed by atoms with E-state index >= 15 is 0 Å². The molecule has 0 rings (SSSR count). The first-order chi connectivity index (χ1) is 6.17. The highest BCUT2D eigenvalue weighted by molar-refractivity contribution is 5.88. The van der Waals surface area contributed by atoms with Gasteiger partial charge in [-0.15, -0.1) is 4.91 Å². The number of carbonyl (C=O) groups is 1. The summed E-state index contributed by atoms with van der Waals surface area (Å²) in [6, 6.07) is 0. The van der Waals surface area contributed by atoms with Crippen LogP contribution in [-0.4, -0.2) is 31.9 Å². The van der Waals surface area contributed by atoms with Crippen LogP contribution < -0.4 is 0 Å². The van der Waals surface area contributed by atoms with Crippen molar-refractivity contribution >= 4 is 5.97 Å². The maximum Gasteiger partial charge on any atom is 0.363 e. The zero-order chi connectivity index (χ0) is 10.3. The van der Waals surface area contributed by atoms with Crippen LogP contribution in [0.1, 0.15) is 6.42 Å². The summed E-state index contributed by atoms with van der Waals surface area (Å²) in [6.07, 6.45) is 0.0483. The fourth-order valence-corrected chi connectivity index (χ4v) is 0.622. The lowest BCUT2D eigenvalue weighted by Gasteiger charge is -2.01. The lowest BCUT2D eigenvalue weighted by Crippen LogP contribution is -2.07. The number of nitrogens with zero attached hydrogens (tertiary/aromatic N) is 1. The molecule has 0 unspecified atom stereocenters. The molecule has 13 heavy (non-hydrogen) atoms. The van der Waals surface area contributed by atoms with E-state index in [1.165, 1.54) is 7.11 Å². The third-order valence-corrected chi connectivity index (χ3v) is 1.29. The van der Waals surface area contributed by atoms with Crippen molar-refractivity contribution in [3.05, 3.63) is 16.4 Å². The Balaban J connectivity index is 4.48. The monoisotopic (exact) mass is 189 g/mol. The van der Waals surface area contributed by atoms with Crippen LogP contribution in [0, 0.1) is 4.91 Å². The Morgan fingerprint density at radius 2 is 2.08 bits per heavy atom. The van der Waals surface area contributed by atoms with E-state index in [-0.39, 0.29) is 13.0 Å². The minimum atomic E-state index is -0.955. The molecule has 0 saturated heterocycles. The van der Waals surface area contributed by atoms with Gasteiger partial charge in [-0.05, 0) is 5.18 Å². The van der Waals surface area contributed by atoms with Gasteiger partial charge in [-0.3, -0.25) is 0 Å². The second-order valence-corrected chi connectivity index (χ2v) is 2.12. The molecule has 6 heteroatoms. The van der Waals surface area contributed by atoms with Gasteiger partial charge in [0.25, 0.3) is 0 Å². The van der Waals surface area contributed by atoms with Gasteiger partial charge in [0.15, 0.2) is 0 Å². The standard InChI is InChI=1S/C7H11NO5/c1-12-4-3-5(9)6(8-11)7(10)13-2/h9H,3-4H2,1-2H3/b6-5-. The average molecular weight is 189 g/mol. The first kappa shape index (κ1) is 11.6. The number of carbonyl (C=O) groups excluding carboxylic acids is 1. The Morgan fingerprint density at radius 3 is 2.46 bits per heavy atom. The number of nitroso groups, excluding NO2 is 1. The highest BCUT2D eigenvalue weighted by Gasteiger charge is 2.16. The zero-order valence-corrected chi connectivity index (χ0v) is 7.44. The molecule has 6 nitrogen and oxygen atoms in total. The zero-order valence-electron chi connectivity index (χ0n) is 7.44. The van der Waals surface area contributed by atoms with Gasteiger partial charge >= 0.3 is 5.97 Å². The number of hydrogen-bond acceptors (Lipinski definition) is 6. The predicted octanol–water partition coefficient (Wildman–Crippen LogP) is 0.732. The van der Waals surface area contributed by atoms with Crippen molar-refractivity contribution in [3.8, 4) is 0 Å². The quantitative estimate of drug-likeness (QED) is 0.298. The summed E-state index contributed by atoms with van der Waals surface area (Å²) in [4.78, 5) is 20.9. The predicted molar refractivity (Wildman–Crippen MR) is 44.0 cm³/mol. The van der Waals surface area contributed by atoms with Gasteiger partial charge in [0.05, 0.1) is 13.7 Å². The molecule has 0 fully saturated rings. The number of aliphatic hydroxyl groups excluding tert-OH is 1. The van der Waals surface area contributed by atoms with Gasteiger partial charge in [0.2, 0.25) is 5.70 Å². The van der Waals surface area contributed by atoms with E-state index in [2.05, 4.69) is 14.7 Å². The van der Waals surface area contributed by atoms with Crippen molar-refractivity contribution in [2.45, 2.75) is 6.42 Å². The Kier molecular flexibility index (Phi) is 5.45. The van der Waals surface area contributed by atoms with Crippen molar-refractivity contribution in [3.63, 3.8) is 0 Å². The van der Waals surface area contributed by atoms with E-state index in [9.17, 15) is 9.70 Å². The fourth-order valence-electron chi connectivity index (χ4n) is 0.622. The number of esters is 1. The number of rotatable bonds is 5. The van der Waals surface area contributed by atoms with E-state index in [0.29, 0.717) is 0 Å². The molecule has 0 atom stereocenters. The molecule has 0 spiro atoms. The molecule has 0 heterocycles. The molecule has 0 aliphatic carbocycles. The van der Waals surface area contributed by atoms with E-state index in [4.69, 9.17) is 5.11 Å². The fraction of sp³-hybridized carbons (Fsp3) is 0.571. The van der Waals surface area contributed by atoms with Crippen LogP contribution in [0.4, 0.5) is 0 Å². The summed E-state index contributed by atoms with van der Waals surface area (Å²) in [5, 5.41) is 11.5. The summed E-state index contributed by atoms with van der Waals surface area (Å²) >= 11 is 0. The minimum absolute atomic E-state index is 0.0483. The minimum Gasteiger partial charge on any atom is -0.510 e. The molecule has 0 aromatic carbocycles. The van der Waals surface area contributed by atoms with E-state index in [1.54, 1.807) is 0 Å². The van der Waals surface area contributed by atoms with Crippen molar-refractivity contribution < 1.29 is 19.4 Å². The third kappa shape index (κ3) is 3.66. The molecule has 74 valence electrons. The summed E-state index contributed by atoms with van der Waals surface area (Å²) in [7, 11) is 2.52. The lowest BCUT2D eigenvalue weighted by molar-refractivity contribution is -0.136. The van der Waals surface area contributed by atoms with Crippen LogP contribution in [-0.2, 0) is 14.3 Å². The molecule has 0 radical (unpaired) electrons. The number of ether oxygens (including phenoxy) is 2. The maximum atomic E-state index is 10.8. The highest BCUT2D eigenvalue weighted by Crippen LogP contribution is 2.08. The first-order valence-electron chi connectivity index (χ1n) is 3.50. The van der Waals surface area contributed by atoms with Crippen LogP contribution >= 0.6 is 0 Å². The molecule has 0 amide bonds. The summed E-state index contributed by atoms with van der Waals surface area (Å²) in [5.41, 5.74) is -0.612. The van der Waals surface area contributed by atoms with Crippen LogP contribution in [0.3, 0.4) is 0 Å². The van der Waals surface area contributed by atoms with Gasteiger partial charge in [0.1, 0.15) is 5.76 Å². The smallest absolute Gasteiger partial charge is 0.363 e. The number of aliphatic hydroxyl groups is 1. The Bertz CT molecular complexity index is 223. The van der Waals surface area contributed by atoms with Gasteiger partial charge < -0.3 is 14.6 Å². The second-order valence-electron chi connectivity index (χ2n) is 2.12.